The fraction of sp³-hybridized carbons (Fsp3) is 0.242. The summed E-state index contributed by atoms with van der Waals surface area (Å²) in [4.78, 5) is 48.7. The van der Waals surface area contributed by atoms with Crippen molar-refractivity contribution in [2.45, 2.75) is 26.1 Å². The van der Waals surface area contributed by atoms with E-state index in [1.54, 1.807) is 41.0 Å². The largest absolute Gasteiger partial charge is 0.504 e. The van der Waals surface area contributed by atoms with Crippen LogP contribution in [0.5, 0.6) is 11.5 Å². The molecule has 0 spiro atoms. The Labute approximate surface area is 286 Å². The summed E-state index contributed by atoms with van der Waals surface area (Å²) in [6.45, 7) is 2.29. The third-order valence-corrected chi connectivity index (χ3v) is 8.68. The highest BCUT2D eigenvalue weighted by molar-refractivity contribution is 6.33. The van der Waals surface area contributed by atoms with Crippen molar-refractivity contribution in [3.63, 3.8) is 0 Å². The van der Waals surface area contributed by atoms with Crippen molar-refractivity contribution in [2.24, 2.45) is 0 Å². The first-order chi connectivity index (χ1) is 23.8. The number of phenolic OH excluding ortho intramolecular Hbond substituents is 2. The zero-order valence-electron chi connectivity index (χ0n) is 26.4. The molecule has 5 aromatic rings. The van der Waals surface area contributed by atoms with Gasteiger partial charge in [-0.3, -0.25) is 14.4 Å². The summed E-state index contributed by atoms with van der Waals surface area (Å²) in [6, 6.07) is 13.4. The Morgan fingerprint density at radius 3 is 2.40 bits per heavy atom. The lowest BCUT2D eigenvalue weighted by Crippen LogP contribution is -2.51. The van der Waals surface area contributed by atoms with Gasteiger partial charge in [0.2, 0.25) is 11.7 Å². The lowest BCUT2D eigenvalue weighted by Gasteiger charge is -2.37. The van der Waals surface area contributed by atoms with E-state index in [1.165, 1.54) is 22.8 Å². The number of hydrogen-bond acceptors (Lipinski definition) is 9. The summed E-state index contributed by atoms with van der Waals surface area (Å²) in [7, 11) is 0. The smallest absolute Gasteiger partial charge is 0.416 e. The molecule has 1 aliphatic rings. The van der Waals surface area contributed by atoms with Crippen LogP contribution in [0.2, 0.25) is 5.02 Å². The first-order valence-corrected chi connectivity index (χ1v) is 15.7. The van der Waals surface area contributed by atoms with Gasteiger partial charge in [0, 0.05) is 31.9 Å². The number of hydrogen-bond donors (Lipinski definition) is 4. The highest BCUT2D eigenvalue weighted by Crippen LogP contribution is 2.36. The number of rotatable bonds is 7. The Morgan fingerprint density at radius 2 is 1.74 bits per heavy atom. The topological polar surface area (TPSA) is 171 Å². The zero-order valence-corrected chi connectivity index (χ0v) is 27.2. The maximum absolute atomic E-state index is 14.2. The Morgan fingerprint density at radius 1 is 1.02 bits per heavy atom. The number of nitrogen functional groups attached to an aromatic ring is 1. The summed E-state index contributed by atoms with van der Waals surface area (Å²) < 4.78 is 42.0. The van der Waals surface area contributed by atoms with Gasteiger partial charge in [0.25, 0.3) is 11.5 Å². The van der Waals surface area contributed by atoms with Gasteiger partial charge in [0.1, 0.15) is 12.2 Å². The summed E-state index contributed by atoms with van der Waals surface area (Å²) >= 11 is 6.09. The molecule has 260 valence electrons. The number of alkyl halides is 3. The maximum atomic E-state index is 14.2. The van der Waals surface area contributed by atoms with Gasteiger partial charge in [-0.2, -0.15) is 22.7 Å². The molecule has 0 saturated carbocycles. The van der Waals surface area contributed by atoms with Crippen molar-refractivity contribution in [2.75, 3.05) is 42.1 Å². The average Bonchev–Trinajstić information content (AvgIpc) is 3.53. The van der Waals surface area contributed by atoms with Crippen molar-refractivity contribution in [1.29, 1.82) is 0 Å². The molecule has 1 fully saturated rings. The predicted molar refractivity (Wildman–Crippen MR) is 179 cm³/mol. The van der Waals surface area contributed by atoms with Crippen LogP contribution in [0.25, 0.3) is 17.2 Å². The van der Waals surface area contributed by atoms with Gasteiger partial charge >= 0.3 is 6.18 Å². The molecular weight excluding hydrogens is 681 g/mol. The first kappa shape index (κ1) is 34.1. The van der Waals surface area contributed by atoms with Gasteiger partial charge < -0.3 is 35.6 Å². The van der Waals surface area contributed by atoms with Crippen LogP contribution in [-0.4, -0.2) is 72.3 Å². The quantitative estimate of drug-likeness (QED) is 0.141. The van der Waals surface area contributed by atoms with E-state index in [0.29, 0.717) is 23.0 Å². The van der Waals surface area contributed by atoms with E-state index >= 15 is 0 Å². The molecule has 6 rings (SSSR count). The summed E-state index contributed by atoms with van der Waals surface area (Å²) in [5, 5.41) is 27.2. The predicted octanol–water partition coefficient (Wildman–Crippen LogP) is 4.39. The summed E-state index contributed by atoms with van der Waals surface area (Å²) in [5.41, 5.74) is 5.71. The van der Waals surface area contributed by atoms with Crippen molar-refractivity contribution in [3.8, 4) is 22.9 Å². The molecule has 2 aromatic heterocycles. The van der Waals surface area contributed by atoms with Crippen LogP contribution in [0.4, 0.5) is 30.2 Å². The van der Waals surface area contributed by atoms with E-state index in [2.05, 4.69) is 15.4 Å². The van der Waals surface area contributed by atoms with Gasteiger partial charge in [-0.05, 0) is 48.9 Å². The van der Waals surface area contributed by atoms with Crippen molar-refractivity contribution in [3.05, 3.63) is 92.9 Å². The molecule has 0 bridgehead atoms. The molecule has 3 aromatic carbocycles. The molecule has 13 nitrogen and oxygen atoms in total. The van der Waals surface area contributed by atoms with Crippen LogP contribution in [0.3, 0.4) is 0 Å². The molecule has 5 N–H and O–H groups in total. The Balaban J connectivity index is 1.39. The van der Waals surface area contributed by atoms with Crippen LogP contribution in [0.1, 0.15) is 28.5 Å². The molecule has 0 aliphatic carbocycles. The van der Waals surface area contributed by atoms with Crippen LogP contribution in [-0.2, 0) is 23.9 Å². The number of nitrogens with one attached hydrogen (secondary N) is 1. The van der Waals surface area contributed by atoms with Crippen LogP contribution < -0.4 is 21.5 Å². The van der Waals surface area contributed by atoms with E-state index in [4.69, 9.17) is 17.3 Å². The monoisotopic (exact) mass is 710 g/mol. The molecular formula is C33H30ClF3N8O5. The standard InChI is InChI=1S/C33H30ClF3N8O5/c1-2-24-27(42-12-14-43(15-13-42)30(49)19-6-3-4-8-22(19)38)31(50)45-32(40-29(41-45)20-7-5-9-25(46)28(20)48)44(24)17-26(47)39-23-11-10-18(16-21(23)34)33(35,36)37/h3-11,16,46,48H,2,12-15,17,38H2,1H3,(H,39,47). The number of halogens is 4. The highest BCUT2D eigenvalue weighted by atomic mass is 35.5. The third kappa shape index (κ3) is 6.36. The minimum Gasteiger partial charge on any atom is -0.504 e. The van der Waals surface area contributed by atoms with Gasteiger partial charge in [-0.25, -0.2) is 0 Å². The van der Waals surface area contributed by atoms with Crippen molar-refractivity contribution >= 4 is 46.3 Å². The molecule has 3 heterocycles. The molecule has 17 heteroatoms. The second-order valence-corrected chi connectivity index (χ2v) is 11.9. The Hall–Kier alpha value is -5.77. The second kappa shape index (κ2) is 13.3. The summed E-state index contributed by atoms with van der Waals surface area (Å²) in [5.74, 6) is -2.10. The van der Waals surface area contributed by atoms with E-state index in [-0.39, 0.29) is 72.1 Å². The number of amides is 2. The minimum atomic E-state index is -4.64. The SMILES string of the molecule is CCc1c(N2CCN(C(=O)c3ccccc3N)CC2)c(=O)n2nc(-c3cccc(O)c3O)nc2n1CC(=O)Nc1ccc(C(F)(F)F)cc1Cl. The van der Waals surface area contributed by atoms with Crippen LogP contribution >= 0.6 is 11.6 Å². The number of anilines is 3. The minimum absolute atomic E-state index is 0.0209. The van der Waals surface area contributed by atoms with Gasteiger partial charge in [0.05, 0.1) is 33.1 Å². The number of para-hydroxylation sites is 2. The van der Waals surface area contributed by atoms with Crippen molar-refractivity contribution < 1.29 is 33.0 Å². The van der Waals surface area contributed by atoms with E-state index in [1.807, 2.05) is 0 Å². The maximum Gasteiger partial charge on any atom is 0.416 e. The molecule has 0 radical (unpaired) electrons. The Bertz CT molecular complexity index is 2200. The molecule has 50 heavy (non-hydrogen) atoms. The lowest BCUT2D eigenvalue weighted by molar-refractivity contribution is -0.137. The molecule has 1 aliphatic heterocycles. The highest BCUT2D eigenvalue weighted by Gasteiger charge is 2.32. The van der Waals surface area contributed by atoms with E-state index in [9.17, 15) is 37.8 Å². The summed E-state index contributed by atoms with van der Waals surface area (Å²) in [6.07, 6.45) is -4.40. The van der Waals surface area contributed by atoms with Gasteiger partial charge in [-0.15, -0.1) is 5.10 Å². The van der Waals surface area contributed by atoms with Gasteiger partial charge in [-0.1, -0.05) is 36.7 Å². The second-order valence-electron chi connectivity index (χ2n) is 11.5. The zero-order chi connectivity index (χ0) is 35.9. The molecule has 2 amide bonds. The number of fused-ring (bicyclic) bond motifs is 1. The normalized spacial score (nSPS) is 13.5. The number of aromatic nitrogens is 4. The number of carbonyl (C=O) groups excluding carboxylic acids is 2. The number of piperazine rings is 1. The average molecular weight is 711 g/mol. The fourth-order valence-electron chi connectivity index (χ4n) is 5.88. The van der Waals surface area contributed by atoms with Gasteiger partial charge in [0.15, 0.2) is 17.3 Å². The number of nitrogens with two attached hydrogens (primary N) is 1. The van der Waals surface area contributed by atoms with Crippen molar-refractivity contribution in [1.82, 2.24) is 24.1 Å². The number of aromatic hydroxyl groups is 2. The molecule has 0 unspecified atom stereocenters. The number of carbonyl (C=O) groups is 2. The number of phenols is 2. The molecule has 1 saturated heterocycles. The molecule has 0 atom stereocenters. The van der Waals surface area contributed by atoms with E-state index < -0.39 is 41.2 Å². The Kier molecular flexibility index (Phi) is 9.05. The van der Waals surface area contributed by atoms with Crippen LogP contribution in [0, 0.1) is 0 Å². The van der Waals surface area contributed by atoms with Crippen LogP contribution in [0.15, 0.2) is 65.5 Å². The first-order valence-electron chi connectivity index (χ1n) is 15.4. The fourth-order valence-corrected chi connectivity index (χ4v) is 6.10. The number of nitrogens with zero attached hydrogens (tertiary/aromatic N) is 6. The lowest BCUT2D eigenvalue weighted by atomic mass is 10.1. The number of benzene rings is 3. The van der Waals surface area contributed by atoms with E-state index in [0.717, 1.165) is 16.6 Å². The third-order valence-electron chi connectivity index (χ3n) is 8.36.